The smallest absolute Gasteiger partial charge is 0.378 e. The molecular weight excluding hydrogens is 416 g/mol. The van der Waals surface area contributed by atoms with Crippen LogP contribution in [0.5, 0.6) is 0 Å². The predicted octanol–water partition coefficient (Wildman–Crippen LogP) is 3.97. The molecule has 31 heavy (non-hydrogen) atoms. The Morgan fingerprint density at radius 1 is 1.19 bits per heavy atom. The average Bonchev–Trinajstić information content (AvgIpc) is 3.15. The second kappa shape index (κ2) is 8.20. The van der Waals surface area contributed by atoms with E-state index >= 15 is 0 Å². The first-order valence-corrected chi connectivity index (χ1v) is 8.94. The molecule has 1 aromatic heterocycles. The predicted molar refractivity (Wildman–Crippen MR) is 103 cm³/mol. The number of anilines is 1. The number of aliphatic hydroxyl groups is 1. The first-order chi connectivity index (χ1) is 14.5. The molecule has 2 N–H and O–H groups in total. The molecule has 10 heteroatoms. The molecule has 1 heterocycles. The second-order valence-electron chi connectivity index (χ2n) is 6.98. The number of nitrogens with one attached hydrogen (secondary N) is 1. The number of rotatable bonds is 5. The zero-order valence-electron chi connectivity index (χ0n) is 16.1. The van der Waals surface area contributed by atoms with Crippen LogP contribution in [0.2, 0.25) is 0 Å². The summed E-state index contributed by atoms with van der Waals surface area (Å²) in [5.41, 5.74) is -2.96. The highest BCUT2D eigenvalue weighted by molar-refractivity contribution is 5.97. The SMILES string of the molecule is C[C@](O)(Cn1nccc1-c1ccc(F)cc1)C(=O)Nc1ccc(C#N)c(C(F)(F)F)c1. The minimum Gasteiger partial charge on any atom is -0.378 e. The van der Waals surface area contributed by atoms with Gasteiger partial charge in [-0.15, -0.1) is 0 Å². The molecule has 3 aromatic rings. The number of carbonyl (C=O) groups is 1. The van der Waals surface area contributed by atoms with Crippen LogP contribution in [-0.4, -0.2) is 26.4 Å². The fourth-order valence-electron chi connectivity index (χ4n) is 2.91. The molecule has 0 spiro atoms. The van der Waals surface area contributed by atoms with Crippen LogP contribution in [-0.2, 0) is 17.5 Å². The number of halogens is 4. The van der Waals surface area contributed by atoms with Crippen molar-refractivity contribution in [2.24, 2.45) is 0 Å². The highest BCUT2D eigenvalue weighted by Gasteiger charge is 2.35. The lowest BCUT2D eigenvalue weighted by atomic mass is 10.0. The maximum Gasteiger partial charge on any atom is 0.417 e. The van der Waals surface area contributed by atoms with Crippen LogP contribution in [0.4, 0.5) is 23.2 Å². The fraction of sp³-hybridized carbons (Fsp3) is 0.190. The van der Waals surface area contributed by atoms with Crippen LogP contribution in [0.1, 0.15) is 18.1 Å². The molecule has 0 saturated heterocycles. The third kappa shape index (κ3) is 4.90. The second-order valence-corrected chi connectivity index (χ2v) is 6.98. The van der Waals surface area contributed by atoms with Crippen molar-refractivity contribution in [3.63, 3.8) is 0 Å². The quantitative estimate of drug-likeness (QED) is 0.597. The number of alkyl halides is 3. The number of amides is 1. The van der Waals surface area contributed by atoms with Crippen molar-refractivity contribution in [2.75, 3.05) is 5.32 Å². The van der Waals surface area contributed by atoms with Crippen LogP contribution in [0, 0.1) is 17.1 Å². The maximum atomic E-state index is 13.2. The van der Waals surface area contributed by atoms with Crippen LogP contribution in [0.15, 0.2) is 54.7 Å². The average molecular weight is 432 g/mol. The van der Waals surface area contributed by atoms with Gasteiger partial charge in [0.05, 0.1) is 29.4 Å². The summed E-state index contributed by atoms with van der Waals surface area (Å²) in [5, 5.41) is 25.8. The van der Waals surface area contributed by atoms with Gasteiger partial charge in [0.2, 0.25) is 0 Å². The summed E-state index contributed by atoms with van der Waals surface area (Å²) in [6, 6.07) is 11.3. The zero-order valence-corrected chi connectivity index (χ0v) is 16.1. The van der Waals surface area contributed by atoms with Crippen molar-refractivity contribution in [1.82, 2.24) is 9.78 Å². The van der Waals surface area contributed by atoms with Crippen LogP contribution < -0.4 is 5.32 Å². The number of hydrogen-bond acceptors (Lipinski definition) is 4. The lowest BCUT2D eigenvalue weighted by Gasteiger charge is -2.23. The van der Waals surface area contributed by atoms with Gasteiger partial charge in [-0.3, -0.25) is 9.48 Å². The van der Waals surface area contributed by atoms with E-state index in [1.54, 1.807) is 6.07 Å². The monoisotopic (exact) mass is 432 g/mol. The molecule has 0 saturated carbocycles. The molecule has 0 aliphatic rings. The maximum absolute atomic E-state index is 13.2. The lowest BCUT2D eigenvalue weighted by molar-refractivity contribution is -0.138. The molecule has 0 radical (unpaired) electrons. The van der Waals surface area contributed by atoms with E-state index in [2.05, 4.69) is 10.4 Å². The van der Waals surface area contributed by atoms with Crippen LogP contribution in [0.3, 0.4) is 0 Å². The van der Waals surface area contributed by atoms with E-state index in [0.717, 1.165) is 12.1 Å². The van der Waals surface area contributed by atoms with Crippen molar-refractivity contribution in [2.45, 2.75) is 25.2 Å². The summed E-state index contributed by atoms with van der Waals surface area (Å²) >= 11 is 0. The van der Waals surface area contributed by atoms with Crippen molar-refractivity contribution < 1.29 is 27.5 Å². The molecule has 0 unspecified atom stereocenters. The van der Waals surface area contributed by atoms with E-state index < -0.39 is 34.6 Å². The number of carbonyl (C=O) groups excluding carboxylic acids is 1. The van der Waals surface area contributed by atoms with Crippen molar-refractivity contribution in [1.29, 1.82) is 5.26 Å². The standard InChI is InChI=1S/C21H16F4N4O2/c1-20(31,12-29-18(8-9-27-29)13-2-5-15(22)6-3-13)19(30)28-16-7-4-14(11-26)17(10-16)21(23,24)25/h2-10,31H,12H2,1H3,(H,28,30)/t20-/m0/s1. The summed E-state index contributed by atoms with van der Waals surface area (Å²) in [6.07, 6.45) is -3.35. The van der Waals surface area contributed by atoms with Gasteiger partial charge in [0.1, 0.15) is 5.82 Å². The van der Waals surface area contributed by atoms with Crippen molar-refractivity contribution in [3.8, 4) is 17.3 Å². The third-order valence-corrected chi connectivity index (χ3v) is 4.51. The number of aromatic nitrogens is 2. The molecule has 3 rings (SSSR count). The van der Waals surface area contributed by atoms with Gasteiger partial charge in [0, 0.05) is 11.9 Å². The van der Waals surface area contributed by atoms with E-state index in [1.165, 1.54) is 48.1 Å². The van der Waals surface area contributed by atoms with Crippen LogP contribution >= 0.6 is 0 Å². The molecule has 0 aliphatic carbocycles. The molecule has 0 aliphatic heterocycles. The zero-order chi connectivity index (χ0) is 22.8. The Kier molecular flexibility index (Phi) is 5.81. The molecule has 0 fully saturated rings. The normalized spacial score (nSPS) is 13.3. The summed E-state index contributed by atoms with van der Waals surface area (Å²) in [5.74, 6) is -1.40. The molecule has 0 bridgehead atoms. The van der Waals surface area contributed by atoms with Crippen LogP contribution in [0.25, 0.3) is 11.3 Å². The van der Waals surface area contributed by atoms with Gasteiger partial charge in [0.25, 0.3) is 5.91 Å². The minimum absolute atomic E-state index is 0.226. The Labute approximate surface area is 174 Å². The Hall–Kier alpha value is -3.71. The Bertz CT molecular complexity index is 1150. The van der Waals surface area contributed by atoms with Gasteiger partial charge in [0.15, 0.2) is 5.60 Å². The van der Waals surface area contributed by atoms with Crippen molar-refractivity contribution in [3.05, 3.63) is 71.7 Å². The van der Waals surface area contributed by atoms with Gasteiger partial charge in [-0.1, -0.05) is 0 Å². The van der Waals surface area contributed by atoms with Gasteiger partial charge < -0.3 is 10.4 Å². The molecule has 160 valence electrons. The number of nitrogens with zero attached hydrogens (tertiary/aromatic N) is 3. The highest BCUT2D eigenvalue weighted by atomic mass is 19.4. The van der Waals surface area contributed by atoms with E-state index in [1.807, 2.05) is 0 Å². The minimum atomic E-state index is -4.78. The topological polar surface area (TPSA) is 90.9 Å². The molecule has 1 amide bonds. The fourth-order valence-corrected chi connectivity index (χ4v) is 2.91. The first kappa shape index (κ1) is 22.0. The Balaban J connectivity index is 1.81. The van der Waals surface area contributed by atoms with Gasteiger partial charge in [-0.2, -0.15) is 23.5 Å². The summed E-state index contributed by atoms with van der Waals surface area (Å²) in [4.78, 5) is 12.6. The van der Waals surface area contributed by atoms with Gasteiger partial charge >= 0.3 is 6.18 Å². The highest BCUT2D eigenvalue weighted by Crippen LogP contribution is 2.33. The largest absolute Gasteiger partial charge is 0.417 e. The van der Waals surface area contributed by atoms with Gasteiger partial charge in [-0.05, 0) is 61.0 Å². The van der Waals surface area contributed by atoms with Crippen molar-refractivity contribution >= 4 is 11.6 Å². The Morgan fingerprint density at radius 3 is 2.48 bits per heavy atom. The summed E-state index contributed by atoms with van der Waals surface area (Å²) < 4.78 is 53.8. The third-order valence-electron chi connectivity index (χ3n) is 4.51. The van der Waals surface area contributed by atoms with E-state index in [0.29, 0.717) is 17.3 Å². The molecule has 1 atom stereocenters. The number of benzene rings is 2. The summed E-state index contributed by atoms with van der Waals surface area (Å²) in [7, 11) is 0. The number of hydrogen-bond donors (Lipinski definition) is 2. The lowest BCUT2D eigenvalue weighted by Crippen LogP contribution is -2.44. The molecular formula is C21H16F4N4O2. The molecule has 2 aromatic carbocycles. The first-order valence-electron chi connectivity index (χ1n) is 8.94. The summed E-state index contributed by atoms with van der Waals surface area (Å²) in [6.45, 7) is 0.869. The number of nitriles is 1. The molecule has 6 nitrogen and oxygen atoms in total. The van der Waals surface area contributed by atoms with E-state index in [9.17, 15) is 27.5 Å². The Morgan fingerprint density at radius 2 is 1.87 bits per heavy atom. The van der Waals surface area contributed by atoms with Gasteiger partial charge in [-0.25, -0.2) is 4.39 Å². The van der Waals surface area contributed by atoms with E-state index in [-0.39, 0.29) is 12.2 Å². The van der Waals surface area contributed by atoms with E-state index in [4.69, 9.17) is 5.26 Å².